The van der Waals surface area contributed by atoms with Crippen molar-refractivity contribution in [1.29, 1.82) is 0 Å². The molecule has 0 spiro atoms. The van der Waals surface area contributed by atoms with Crippen LogP contribution in [0.1, 0.15) is 54.3 Å². The Balaban J connectivity index is 1.55. The fourth-order valence-corrected chi connectivity index (χ4v) is 4.21. The highest BCUT2D eigenvalue weighted by molar-refractivity contribution is 5.96. The molecule has 1 atom stereocenters. The lowest BCUT2D eigenvalue weighted by Crippen LogP contribution is -2.54. The molecule has 0 saturated heterocycles. The number of carbonyl (C=O) groups is 2. The summed E-state index contributed by atoms with van der Waals surface area (Å²) in [6.45, 7) is 2.69. The van der Waals surface area contributed by atoms with Gasteiger partial charge in [-0.2, -0.15) is 0 Å². The van der Waals surface area contributed by atoms with Crippen molar-refractivity contribution < 1.29 is 14.0 Å². The van der Waals surface area contributed by atoms with Gasteiger partial charge in [-0.25, -0.2) is 0 Å². The summed E-state index contributed by atoms with van der Waals surface area (Å²) in [4.78, 5) is 27.7. The molecule has 2 heterocycles. The van der Waals surface area contributed by atoms with Gasteiger partial charge in [-0.05, 0) is 54.9 Å². The van der Waals surface area contributed by atoms with Gasteiger partial charge in [0.2, 0.25) is 5.91 Å². The minimum absolute atomic E-state index is 0.0519. The summed E-state index contributed by atoms with van der Waals surface area (Å²) in [5.41, 5.74) is 2.23. The summed E-state index contributed by atoms with van der Waals surface area (Å²) < 4.78 is 5.30. The van der Waals surface area contributed by atoms with Crippen LogP contribution in [0, 0.1) is 5.92 Å². The number of hydrogen-bond donors (Lipinski definition) is 1. The number of hydrogen-bond acceptors (Lipinski definition) is 3. The Morgan fingerprint density at radius 3 is 2.48 bits per heavy atom. The lowest BCUT2D eigenvalue weighted by Gasteiger charge is -2.37. The molecule has 27 heavy (non-hydrogen) atoms. The second-order valence-corrected chi connectivity index (χ2v) is 7.86. The van der Waals surface area contributed by atoms with Crippen LogP contribution >= 0.6 is 0 Å². The van der Waals surface area contributed by atoms with Gasteiger partial charge in [0.25, 0.3) is 5.91 Å². The van der Waals surface area contributed by atoms with Gasteiger partial charge in [-0.3, -0.25) is 9.59 Å². The molecule has 0 bridgehead atoms. The Hall–Kier alpha value is -2.56. The lowest BCUT2D eigenvalue weighted by atomic mass is 9.87. The van der Waals surface area contributed by atoms with Crippen LogP contribution in [0.15, 0.2) is 47.1 Å². The van der Waals surface area contributed by atoms with Crippen molar-refractivity contribution in [2.45, 2.75) is 57.7 Å². The third kappa shape index (κ3) is 3.77. The zero-order valence-electron chi connectivity index (χ0n) is 15.7. The molecule has 2 aliphatic rings. The van der Waals surface area contributed by atoms with Crippen molar-refractivity contribution in [2.75, 3.05) is 0 Å². The molecular formula is C22H26N2O3. The molecule has 1 fully saturated rings. The highest BCUT2D eigenvalue weighted by Crippen LogP contribution is 2.27. The number of fused-ring (bicyclic) bond motifs is 1. The maximum atomic E-state index is 13.1. The van der Waals surface area contributed by atoms with Crippen molar-refractivity contribution in [1.82, 2.24) is 10.2 Å². The van der Waals surface area contributed by atoms with E-state index in [0.717, 1.165) is 42.7 Å². The quantitative estimate of drug-likeness (QED) is 0.904. The highest BCUT2D eigenvalue weighted by Gasteiger charge is 2.36. The van der Waals surface area contributed by atoms with Crippen LogP contribution in [0.5, 0.6) is 0 Å². The minimum Gasteiger partial charge on any atom is -0.459 e. The van der Waals surface area contributed by atoms with Crippen LogP contribution in [-0.2, 0) is 17.8 Å². The highest BCUT2D eigenvalue weighted by atomic mass is 16.3. The number of benzene rings is 1. The third-order valence-electron chi connectivity index (χ3n) is 5.91. The van der Waals surface area contributed by atoms with E-state index in [9.17, 15) is 9.59 Å². The Kier molecular flexibility index (Phi) is 5.01. The van der Waals surface area contributed by atoms with Crippen LogP contribution in [0.3, 0.4) is 0 Å². The molecule has 1 N–H and O–H groups in total. The molecule has 1 aromatic carbocycles. The normalized spacial score (nSPS) is 24.9. The van der Waals surface area contributed by atoms with Gasteiger partial charge in [0.1, 0.15) is 6.04 Å². The molecule has 5 nitrogen and oxygen atoms in total. The van der Waals surface area contributed by atoms with Crippen molar-refractivity contribution in [3.8, 4) is 0 Å². The van der Waals surface area contributed by atoms with E-state index in [-0.39, 0.29) is 23.6 Å². The van der Waals surface area contributed by atoms with E-state index >= 15 is 0 Å². The molecule has 1 unspecified atom stereocenters. The first-order valence-electron chi connectivity index (χ1n) is 9.83. The first-order chi connectivity index (χ1) is 13.1. The van der Waals surface area contributed by atoms with Gasteiger partial charge < -0.3 is 14.6 Å². The number of amides is 2. The number of rotatable bonds is 3. The van der Waals surface area contributed by atoms with Crippen molar-refractivity contribution in [3.05, 3.63) is 59.5 Å². The average Bonchev–Trinajstić information content (AvgIpc) is 3.23. The molecule has 1 saturated carbocycles. The van der Waals surface area contributed by atoms with Gasteiger partial charge >= 0.3 is 0 Å². The number of furan rings is 1. The fourth-order valence-electron chi connectivity index (χ4n) is 4.21. The Labute approximate surface area is 159 Å². The Morgan fingerprint density at radius 1 is 1.04 bits per heavy atom. The maximum Gasteiger partial charge on any atom is 0.290 e. The van der Waals surface area contributed by atoms with Crippen molar-refractivity contribution in [3.63, 3.8) is 0 Å². The van der Waals surface area contributed by atoms with E-state index in [4.69, 9.17) is 4.42 Å². The number of carbonyl (C=O) groups excluding carboxylic acids is 2. The molecule has 0 radical (unpaired) electrons. The molecular weight excluding hydrogens is 340 g/mol. The van der Waals surface area contributed by atoms with E-state index in [1.54, 1.807) is 17.0 Å². The molecule has 1 aliphatic heterocycles. The van der Waals surface area contributed by atoms with Crippen LogP contribution in [-0.4, -0.2) is 28.8 Å². The topological polar surface area (TPSA) is 62.6 Å². The van der Waals surface area contributed by atoms with Crippen LogP contribution in [0.2, 0.25) is 0 Å². The van der Waals surface area contributed by atoms with E-state index in [1.807, 2.05) is 24.3 Å². The second-order valence-electron chi connectivity index (χ2n) is 7.86. The third-order valence-corrected chi connectivity index (χ3v) is 5.91. The first kappa shape index (κ1) is 17.8. The zero-order chi connectivity index (χ0) is 18.8. The Morgan fingerprint density at radius 2 is 1.78 bits per heavy atom. The molecule has 1 aromatic heterocycles. The second kappa shape index (κ2) is 7.59. The van der Waals surface area contributed by atoms with E-state index in [1.165, 1.54) is 6.26 Å². The summed E-state index contributed by atoms with van der Waals surface area (Å²) in [5.74, 6) is 0.728. The Bertz CT molecular complexity index is 807. The standard InChI is InChI=1S/C22H26N2O3/c1-15-8-10-18(11-9-15)23-21(25)19-13-16-5-2-3-6-17(16)14-24(19)22(26)20-7-4-12-27-20/h2-7,12,15,18-19H,8-11,13-14H2,1H3,(H,23,25). The van der Waals surface area contributed by atoms with E-state index in [2.05, 4.69) is 12.2 Å². The summed E-state index contributed by atoms with van der Waals surface area (Å²) in [7, 11) is 0. The van der Waals surface area contributed by atoms with Crippen molar-refractivity contribution >= 4 is 11.8 Å². The predicted molar refractivity (Wildman–Crippen MR) is 102 cm³/mol. The zero-order valence-corrected chi connectivity index (χ0v) is 15.7. The lowest BCUT2D eigenvalue weighted by molar-refractivity contribution is -0.127. The minimum atomic E-state index is -0.503. The number of nitrogens with zero attached hydrogens (tertiary/aromatic N) is 1. The van der Waals surface area contributed by atoms with Crippen LogP contribution < -0.4 is 5.32 Å². The summed E-state index contributed by atoms with van der Waals surface area (Å²) in [6.07, 6.45) is 6.35. The molecule has 142 valence electrons. The van der Waals surface area contributed by atoms with Gasteiger partial charge in [-0.15, -0.1) is 0 Å². The molecule has 5 heteroatoms. The smallest absolute Gasteiger partial charge is 0.290 e. The molecule has 2 aromatic rings. The predicted octanol–water partition coefficient (Wildman–Crippen LogP) is 3.54. The molecule has 2 amide bonds. The van der Waals surface area contributed by atoms with Gasteiger partial charge in [0.05, 0.1) is 6.26 Å². The summed E-state index contributed by atoms with van der Waals surface area (Å²) in [5, 5.41) is 3.21. The van der Waals surface area contributed by atoms with E-state index in [0.29, 0.717) is 13.0 Å². The maximum absolute atomic E-state index is 13.1. The first-order valence-corrected chi connectivity index (χ1v) is 9.83. The van der Waals surface area contributed by atoms with Crippen LogP contribution in [0.25, 0.3) is 0 Å². The SMILES string of the molecule is CC1CCC(NC(=O)C2Cc3ccccc3CN2C(=O)c2ccco2)CC1. The number of nitrogens with one attached hydrogen (secondary N) is 1. The van der Waals surface area contributed by atoms with Gasteiger partial charge in [0, 0.05) is 19.0 Å². The van der Waals surface area contributed by atoms with E-state index < -0.39 is 6.04 Å². The van der Waals surface area contributed by atoms with Crippen LogP contribution in [0.4, 0.5) is 0 Å². The fraction of sp³-hybridized carbons (Fsp3) is 0.455. The summed E-state index contributed by atoms with van der Waals surface area (Å²) in [6, 6.07) is 11.1. The van der Waals surface area contributed by atoms with Gasteiger partial charge in [0.15, 0.2) is 5.76 Å². The molecule has 1 aliphatic carbocycles. The summed E-state index contributed by atoms with van der Waals surface area (Å²) >= 11 is 0. The van der Waals surface area contributed by atoms with Crippen molar-refractivity contribution in [2.24, 2.45) is 5.92 Å². The molecule has 4 rings (SSSR count). The monoisotopic (exact) mass is 366 g/mol. The average molecular weight is 366 g/mol. The van der Waals surface area contributed by atoms with Gasteiger partial charge in [-0.1, -0.05) is 31.2 Å². The largest absolute Gasteiger partial charge is 0.459 e.